The number of nitriles is 1. The van der Waals surface area contributed by atoms with Crippen molar-refractivity contribution in [1.82, 2.24) is 0 Å². The molecule has 5 heteroatoms. The largest absolute Gasteiger partial charge is 0.454 e. The maximum absolute atomic E-state index is 12.5. The third-order valence-corrected chi connectivity index (χ3v) is 4.08. The van der Waals surface area contributed by atoms with Gasteiger partial charge in [0.15, 0.2) is 11.5 Å². The number of nitrogens with zero attached hydrogens (tertiary/aromatic N) is 1. The van der Waals surface area contributed by atoms with E-state index in [9.17, 15) is 10.1 Å². The number of rotatable bonds is 3. The van der Waals surface area contributed by atoms with Gasteiger partial charge < -0.3 is 14.8 Å². The number of amides is 1. The summed E-state index contributed by atoms with van der Waals surface area (Å²) in [7, 11) is 0. The molecule has 26 heavy (non-hydrogen) atoms. The van der Waals surface area contributed by atoms with Gasteiger partial charge in [0.25, 0.3) is 5.91 Å². The molecule has 3 aromatic carbocycles. The van der Waals surface area contributed by atoms with E-state index >= 15 is 0 Å². The van der Waals surface area contributed by atoms with Crippen LogP contribution in [-0.4, -0.2) is 12.7 Å². The van der Waals surface area contributed by atoms with Gasteiger partial charge >= 0.3 is 0 Å². The molecular formula is C21H14N2O3. The Labute approximate surface area is 150 Å². The average Bonchev–Trinajstić information content (AvgIpc) is 3.13. The SMILES string of the molecule is N#C/C(=C/c1ccc2c(c1)OCO2)C(=O)Nc1ccc2ccccc2c1. The van der Waals surface area contributed by atoms with Gasteiger partial charge in [-0.05, 0) is 46.7 Å². The molecule has 0 unspecified atom stereocenters. The Bertz CT molecular complexity index is 1080. The highest BCUT2D eigenvalue weighted by molar-refractivity contribution is 6.10. The first kappa shape index (κ1) is 15.7. The van der Waals surface area contributed by atoms with Gasteiger partial charge in [0.05, 0.1) is 0 Å². The first-order valence-corrected chi connectivity index (χ1v) is 8.04. The second kappa shape index (κ2) is 6.61. The van der Waals surface area contributed by atoms with Crippen molar-refractivity contribution in [1.29, 1.82) is 5.26 Å². The highest BCUT2D eigenvalue weighted by Crippen LogP contribution is 2.33. The molecule has 4 rings (SSSR count). The van der Waals surface area contributed by atoms with Crippen LogP contribution in [0.1, 0.15) is 5.56 Å². The monoisotopic (exact) mass is 342 g/mol. The first-order chi connectivity index (χ1) is 12.7. The van der Waals surface area contributed by atoms with Gasteiger partial charge in [-0.2, -0.15) is 5.26 Å². The molecule has 0 aliphatic carbocycles. The number of carbonyl (C=O) groups is 1. The van der Waals surface area contributed by atoms with Gasteiger partial charge in [0.1, 0.15) is 11.6 Å². The van der Waals surface area contributed by atoms with Crippen molar-refractivity contribution in [2.75, 3.05) is 12.1 Å². The summed E-state index contributed by atoms with van der Waals surface area (Å²) in [6.07, 6.45) is 1.53. The zero-order chi connectivity index (χ0) is 17.9. The number of nitrogens with one attached hydrogen (secondary N) is 1. The molecule has 0 aromatic heterocycles. The topological polar surface area (TPSA) is 71.3 Å². The lowest BCUT2D eigenvalue weighted by Gasteiger charge is -2.06. The minimum absolute atomic E-state index is 0.0111. The number of fused-ring (bicyclic) bond motifs is 2. The second-order valence-electron chi connectivity index (χ2n) is 5.80. The minimum atomic E-state index is -0.458. The Hall–Kier alpha value is -3.78. The van der Waals surface area contributed by atoms with Crippen LogP contribution in [0.25, 0.3) is 16.8 Å². The molecule has 1 heterocycles. The molecule has 0 saturated heterocycles. The van der Waals surface area contributed by atoms with Crippen LogP contribution in [-0.2, 0) is 4.79 Å². The maximum atomic E-state index is 12.5. The average molecular weight is 342 g/mol. The highest BCUT2D eigenvalue weighted by Gasteiger charge is 2.14. The van der Waals surface area contributed by atoms with Gasteiger partial charge in [-0.1, -0.05) is 36.4 Å². The lowest BCUT2D eigenvalue weighted by Crippen LogP contribution is -2.13. The molecule has 126 valence electrons. The fraction of sp³-hybridized carbons (Fsp3) is 0.0476. The Morgan fingerprint density at radius 2 is 1.81 bits per heavy atom. The van der Waals surface area contributed by atoms with Crippen LogP contribution in [0.2, 0.25) is 0 Å². The van der Waals surface area contributed by atoms with Crippen LogP contribution in [0.5, 0.6) is 11.5 Å². The van der Waals surface area contributed by atoms with Gasteiger partial charge in [-0.15, -0.1) is 0 Å². The maximum Gasteiger partial charge on any atom is 0.266 e. The van der Waals surface area contributed by atoms with Gasteiger partial charge in [-0.25, -0.2) is 0 Å². The molecular weight excluding hydrogens is 328 g/mol. The smallest absolute Gasteiger partial charge is 0.266 e. The molecule has 5 nitrogen and oxygen atoms in total. The fourth-order valence-electron chi connectivity index (χ4n) is 2.78. The summed E-state index contributed by atoms with van der Waals surface area (Å²) in [5.74, 6) is 0.799. The number of hydrogen-bond acceptors (Lipinski definition) is 4. The Kier molecular flexibility index (Phi) is 4.00. The van der Waals surface area contributed by atoms with E-state index < -0.39 is 5.91 Å². The number of benzene rings is 3. The van der Waals surface area contributed by atoms with Gasteiger partial charge in [0, 0.05) is 5.69 Å². The molecule has 0 saturated carbocycles. The molecule has 0 bridgehead atoms. The molecule has 1 N–H and O–H groups in total. The minimum Gasteiger partial charge on any atom is -0.454 e. The quantitative estimate of drug-likeness (QED) is 0.574. The first-order valence-electron chi connectivity index (χ1n) is 8.04. The van der Waals surface area contributed by atoms with Crippen LogP contribution in [0.4, 0.5) is 5.69 Å². The molecule has 0 fully saturated rings. The van der Waals surface area contributed by atoms with Crippen molar-refractivity contribution in [2.45, 2.75) is 0 Å². The molecule has 0 radical (unpaired) electrons. The van der Waals surface area contributed by atoms with Gasteiger partial charge in [0.2, 0.25) is 6.79 Å². The summed E-state index contributed by atoms with van der Waals surface area (Å²) in [5, 5.41) is 14.2. The van der Waals surface area contributed by atoms with Crippen LogP contribution in [0.3, 0.4) is 0 Å². The van der Waals surface area contributed by atoms with Crippen molar-refractivity contribution in [3.05, 3.63) is 71.8 Å². The summed E-state index contributed by atoms with van der Waals surface area (Å²) < 4.78 is 10.6. The van der Waals surface area contributed by atoms with Crippen LogP contribution >= 0.6 is 0 Å². The van der Waals surface area contributed by atoms with E-state index in [0.29, 0.717) is 22.7 Å². The molecule has 0 spiro atoms. The molecule has 0 atom stereocenters. The third-order valence-electron chi connectivity index (χ3n) is 4.08. The summed E-state index contributed by atoms with van der Waals surface area (Å²) >= 11 is 0. The fourth-order valence-corrected chi connectivity index (χ4v) is 2.78. The predicted octanol–water partition coefficient (Wildman–Crippen LogP) is 4.11. The van der Waals surface area contributed by atoms with Crippen molar-refractivity contribution in [3.8, 4) is 17.6 Å². The Morgan fingerprint density at radius 1 is 1.00 bits per heavy atom. The predicted molar refractivity (Wildman–Crippen MR) is 98.7 cm³/mol. The van der Waals surface area contributed by atoms with E-state index in [-0.39, 0.29) is 12.4 Å². The van der Waals surface area contributed by atoms with Crippen molar-refractivity contribution >= 4 is 28.4 Å². The van der Waals surface area contributed by atoms with E-state index in [4.69, 9.17) is 9.47 Å². The van der Waals surface area contributed by atoms with E-state index in [1.165, 1.54) is 6.08 Å². The van der Waals surface area contributed by atoms with Crippen LogP contribution in [0, 0.1) is 11.3 Å². The number of hydrogen-bond donors (Lipinski definition) is 1. The third kappa shape index (κ3) is 3.08. The van der Waals surface area contributed by atoms with E-state index in [1.54, 1.807) is 18.2 Å². The Morgan fingerprint density at radius 3 is 2.65 bits per heavy atom. The highest BCUT2D eigenvalue weighted by atomic mass is 16.7. The lowest BCUT2D eigenvalue weighted by molar-refractivity contribution is -0.112. The summed E-state index contributed by atoms with van der Waals surface area (Å²) in [5.41, 5.74) is 1.34. The zero-order valence-corrected chi connectivity index (χ0v) is 13.7. The molecule has 1 aliphatic rings. The standard InChI is InChI=1S/C21H14N2O3/c22-12-17(9-14-5-8-19-20(10-14)26-13-25-19)21(24)23-18-7-6-15-3-1-2-4-16(15)11-18/h1-11H,13H2,(H,23,24)/b17-9-. The Balaban J connectivity index is 1.57. The van der Waals surface area contributed by atoms with E-state index in [1.807, 2.05) is 48.5 Å². The number of anilines is 1. The number of carbonyl (C=O) groups excluding carboxylic acids is 1. The zero-order valence-electron chi connectivity index (χ0n) is 13.7. The van der Waals surface area contributed by atoms with Crippen molar-refractivity contribution < 1.29 is 14.3 Å². The molecule has 1 aliphatic heterocycles. The molecule has 1 amide bonds. The molecule has 3 aromatic rings. The number of ether oxygens (including phenoxy) is 2. The lowest BCUT2D eigenvalue weighted by atomic mass is 10.1. The summed E-state index contributed by atoms with van der Waals surface area (Å²) in [4.78, 5) is 12.5. The van der Waals surface area contributed by atoms with Crippen LogP contribution < -0.4 is 14.8 Å². The summed E-state index contributed by atoms with van der Waals surface area (Å²) in [6, 6.07) is 20.7. The summed E-state index contributed by atoms with van der Waals surface area (Å²) in [6.45, 7) is 0.177. The van der Waals surface area contributed by atoms with Crippen molar-refractivity contribution in [2.24, 2.45) is 0 Å². The van der Waals surface area contributed by atoms with Crippen molar-refractivity contribution in [3.63, 3.8) is 0 Å². The van der Waals surface area contributed by atoms with Crippen LogP contribution in [0.15, 0.2) is 66.2 Å². The van der Waals surface area contributed by atoms with E-state index in [0.717, 1.165) is 10.8 Å². The van der Waals surface area contributed by atoms with Gasteiger partial charge in [-0.3, -0.25) is 4.79 Å². The normalized spacial score (nSPS) is 12.7. The second-order valence-corrected chi connectivity index (χ2v) is 5.80. The van der Waals surface area contributed by atoms with E-state index in [2.05, 4.69) is 5.32 Å².